The molecule has 0 bridgehead atoms. The summed E-state index contributed by atoms with van der Waals surface area (Å²) < 4.78 is 20.3. The van der Waals surface area contributed by atoms with Crippen LogP contribution >= 0.6 is 0 Å². The first-order valence-electron chi connectivity index (χ1n) is 6.62. The predicted octanol–water partition coefficient (Wildman–Crippen LogP) is 2.55. The van der Waals surface area contributed by atoms with Gasteiger partial charge in [-0.15, -0.1) is 0 Å². The normalized spacial score (nSPS) is 10.4. The highest BCUT2D eigenvalue weighted by molar-refractivity contribution is 6.03. The SMILES string of the molecule is CCOC(=O)COc1ccc2c(C(=O)OCC)coc2c1. The van der Waals surface area contributed by atoms with Gasteiger partial charge in [0.1, 0.15) is 23.2 Å². The maximum Gasteiger partial charge on any atom is 0.344 e. The van der Waals surface area contributed by atoms with Crippen molar-refractivity contribution in [3.63, 3.8) is 0 Å². The molecule has 0 radical (unpaired) electrons. The highest BCUT2D eigenvalue weighted by Crippen LogP contribution is 2.26. The van der Waals surface area contributed by atoms with Gasteiger partial charge in [-0.3, -0.25) is 0 Å². The minimum absolute atomic E-state index is 0.176. The molecule has 0 fully saturated rings. The number of esters is 2. The summed E-state index contributed by atoms with van der Waals surface area (Å²) in [6.45, 7) is 3.89. The van der Waals surface area contributed by atoms with E-state index in [1.807, 2.05) is 0 Å². The van der Waals surface area contributed by atoms with Crippen LogP contribution in [-0.2, 0) is 14.3 Å². The van der Waals surface area contributed by atoms with Crippen LogP contribution in [0.3, 0.4) is 0 Å². The molecule has 0 amide bonds. The fourth-order valence-electron chi connectivity index (χ4n) is 1.81. The molecular formula is C15H16O6. The van der Waals surface area contributed by atoms with Crippen molar-refractivity contribution < 1.29 is 28.2 Å². The molecule has 2 aromatic rings. The lowest BCUT2D eigenvalue weighted by Crippen LogP contribution is -2.14. The third-order valence-electron chi connectivity index (χ3n) is 2.70. The van der Waals surface area contributed by atoms with Gasteiger partial charge in [-0.05, 0) is 26.0 Å². The number of benzene rings is 1. The van der Waals surface area contributed by atoms with Gasteiger partial charge in [0.2, 0.25) is 0 Å². The second-order valence-electron chi connectivity index (χ2n) is 4.12. The Kier molecular flexibility index (Phi) is 4.81. The van der Waals surface area contributed by atoms with E-state index in [1.54, 1.807) is 32.0 Å². The minimum atomic E-state index is -0.441. The van der Waals surface area contributed by atoms with Gasteiger partial charge in [0.15, 0.2) is 6.61 Å². The number of ether oxygens (including phenoxy) is 3. The van der Waals surface area contributed by atoms with Crippen LogP contribution in [-0.4, -0.2) is 31.8 Å². The van der Waals surface area contributed by atoms with E-state index < -0.39 is 11.9 Å². The topological polar surface area (TPSA) is 75.0 Å². The Morgan fingerprint density at radius 1 is 1.14 bits per heavy atom. The summed E-state index contributed by atoms with van der Waals surface area (Å²) in [7, 11) is 0. The molecule has 0 aliphatic carbocycles. The van der Waals surface area contributed by atoms with Gasteiger partial charge in [-0.2, -0.15) is 0 Å². The molecule has 6 heteroatoms. The van der Waals surface area contributed by atoms with Crippen LogP contribution < -0.4 is 4.74 Å². The lowest BCUT2D eigenvalue weighted by molar-refractivity contribution is -0.145. The molecule has 0 aliphatic heterocycles. The molecule has 2 rings (SSSR count). The minimum Gasteiger partial charge on any atom is -0.482 e. The van der Waals surface area contributed by atoms with Gasteiger partial charge in [0.25, 0.3) is 0 Å². The largest absolute Gasteiger partial charge is 0.482 e. The molecule has 1 heterocycles. The molecule has 0 saturated carbocycles. The first-order valence-corrected chi connectivity index (χ1v) is 6.62. The quantitative estimate of drug-likeness (QED) is 0.762. The third-order valence-corrected chi connectivity index (χ3v) is 2.70. The van der Waals surface area contributed by atoms with Gasteiger partial charge in [0, 0.05) is 11.5 Å². The van der Waals surface area contributed by atoms with Crippen LogP contribution in [0.5, 0.6) is 5.75 Å². The van der Waals surface area contributed by atoms with Crippen LogP contribution in [0, 0.1) is 0 Å². The molecule has 112 valence electrons. The van der Waals surface area contributed by atoms with Gasteiger partial charge in [-0.25, -0.2) is 9.59 Å². The number of carbonyl (C=O) groups is 2. The van der Waals surface area contributed by atoms with E-state index in [4.69, 9.17) is 18.6 Å². The molecule has 0 N–H and O–H groups in total. The summed E-state index contributed by atoms with van der Waals surface area (Å²) in [5.74, 6) is -0.416. The molecule has 0 spiro atoms. The summed E-state index contributed by atoms with van der Waals surface area (Å²) in [6, 6.07) is 4.95. The number of rotatable bonds is 6. The smallest absolute Gasteiger partial charge is 0.344 e. The highest BCUT2D eigenvalue weighted by atomic mass is 16.6. The van der Waals surface area contributed by atoms with Crippen LogP contribution in [0.4, 0.5) is 0 Å². The van der Waals surface area contributed by atoms with E-state index in [-0.39, 0.29) is 6.61 Å². The second-order valence-corrected chi connectivity index (χ2v) is 4.12. The molecule has 0 aliphatic rings. The van der Waals surface area contributed by atoms with Crippen molar-refractivity contribution in [2.75, 3.05) is 19.8 Å². The number of furan rings is 1. The standard InChI is InChI=1S/C15H16O6/c1-3-18-14(16)9-20-10-5-6-11-12(15(17)19-4-2)8-21-13(11)7-10/h5-8H,3-4,9H2,1-2H3. The lowest BCUT2D eigenvalue weighted by atomic mass is 10.2. The zero-order chi connectivity index (χ0) is 15.2. The van der Waals surface area contributed by atoms with E-state index in [1.165, 1.54) is 6.26 Å². The summed E-state index contributed by atoms with van der Waals surface area (Å²) >= 11 is 0. The summed E-state index contributed by atoms with van der Waals surface area (Å²) in [4.78, 5) is 22.9. The van der Waals surface area contributed by atoms with E-state index in [2.05, 4.69) is 0 Å². The molecule has 0 unspecified atom stereocenters. The molecule has 6 nitrogen and oxygen atoms in total. The molecular weight excluding hydrogens is 276 g/mol. The van der Waals surface area contributed by atoms with Crippen LogP contribution in [0.2, 0.25) is 0 Å². The van der Waals surface area contributed by atoms with Gasteiger partial charge >= 0.3 is 11.9 Å². The van der Waals surface area contributed by atoms with Crippen molar-refractivity contribution in [3.8, 4) is 5.75 Å². The molecule has 0 saturated heterocycles. The number of hydrogen-bond acceptors (Lipinski definition) is 6. The first-order chi connectivity index (χ1) is 10.2. The molecule has 21 heavy (non-hydrogen) atoms. The Bertz CT molecular complexity index is 643. The second kappa shape index (κ2) is 6.78. The zero-order valence-electron chi connectivity index (χ0n) is 11.9. The monoisotopic (exact) mass is 292 g/mol. The van der Waals surface area contributed by atoms with E-state index in [0.717, 1.165) is 0 Å². The lowest BCUT2D eigenvalue weighted by Gasteiger charge is -2.05. The highest BCUT2D eigenvalue weighted by Gasteiger charge is 2.15. The molecule has 1 aromatic heterocycles. The molecule has 1 aromatic carbocycles. The Morgan fingerprint density at radius 2 is 1.90 bits per heavy atom. The van der Waals surface area contributed by atoms with Crippen molar-refractivity contribution in [2.45, 2.75) is 13.8 Å². The predicted molar refractivity (Wildman–Crippen MR) is 74.3 cm³/mol. The van der Waals surface area contributed by atoms with Crippen LogP contribution in [0.1, 0.15) is 24.2 Å². The average molecular weight is 292 g/mol. The fraction of sp³-hybridized carbons (Fsp3) is 0.333. The molecule has 0 atom stereocenters. The van der Waals surface area contributed by atoms with Crippen LogP contribution in [0.25, 0.3) is 11.0 Å². The maximum atomic E-state index is 11.7. The van der Waals surface area contributed by atoms with E-state index >= 15 is 0 Å². The summed E-state index contributed by atoms with van der Waals surface area (Å²) in [5.41, 5.74) is 0.850. The van der Waals surface area contributed by atoms with Crippen molar-refractivity contribution in [1.82, 2.24) is 0 Å². The average Bonchev–Trinajstić information content (AvgIpc) is 2.89. The van der Waals surface area contributed by atoms with Gasteiger partial charge < -0.3 is 18.6 Å². The van der Waals surface area contributed by atoms with Crippen molar-refractivity contribution >= 4 is 22.9 Å². The van der Waals surface area contributed by atoms with E-state index in [9.17, 15) is 9.59 Å². The fourth-order valence-corrected chi connectivity index (χ4v) is 1.81. The summed E-state index contributed by atoms with van der Waals surface area (Å²) in [6.07, 6.45) is 1.35. The number of carbonyl (C=O) groups excluding carboxylic acids is 2. The zero-order valence-corrected chi connectivity index (χ0v) is 11.9. The van der Waals surface area contributed by atoms with Gasteiger partial charge in [-0.1, -0.05) is 0 Å². The third kappa shape index (κ3) is 3.53. The summed E-state index contributed by atoms with van der Waals surface area (Å²) in [5, 5.41) is 0.636. The van der Waals surface area contributed by atoms with Crippen molar-refractivity contribution in [3.05, 3.63) is 30.0 Å². The first kappa shape index (κ1) is 14.9. The van der Waals surface area contributed by atoms with Crippen molar-refractivity contribution in [1.29, 1.82) is 0 Å². The number of hydrogen-bond donors (Lipinski definition) is 0. The van der Waals surface area contributed by atoms with Crippen LogP contribution in [0.15, 0.2) is 28.9 Å². The Labute approximate surface area is 121 Å². The van der Waals surface area contributed by atoms with E-state index in [0.29, 0.717) is 35.5 Å². The number of fused-ring (bicyclic) bond motifs is 1. The Balaban J connectivity index is 2.12. The van der Waals surface area contributed by atoms with Crippen molar-refractivity contribution in [2.24, 2.45) is 0 Å². The Morgan fingerprint density at radius 3 is 2.62 bits per heavy atom. The van der Waals surface area contributed by atoms with Gasteiger partial charge in [0.05, 0.1) is 13.2 Å². The Hall–Kier alpha value is -2.50. The maximum absolute atomic E-state index is 11.7.